The third-order valence-corrected chi connectivity index (χ3v) is 4.84. The second-order valence-electron chi connectivity index (χ2n) is 4.57. The van der Waals surface area contributed by atoms with Crippen molar-refractivity contribution in [2.75, 3.05) is 0 Å². The van der Waals surface area contributed by atoms with Gasteiger partial charge in [0.25, 0.3) is 15.7 Å². The van der Waals surface area contributed by atoms with Gasteiger partial charge in [0.2, 0.25) is 0 Å². The average Bonchev–Trinajstić information content (AvgIpc) is 2.79. The Balaban J connectivity index is 2.56. The van der Waals surface area contributed by atoms with E-state index in [4.69, 9.17) is 0 Å². The molecule has 1 aliphatic rings. The van der Waals surface area contributed by atoms with Crippen LogP contribution in [0.2, 0.25) is 0 Å². The summed E-state index contributed by atoms with van der Waals surface area (Å²) in [5.41, 5.74) is -3.58. The minimum atomic E-state index is -5.16. The van der Waals surface area contributed by atoms with Gasteiger partial charge in [-0.3, -0.25) is 0 Å². The fourth-order valence-corrected chi connectivity index (χ4v) is 3.44. The summed E-state index contributed by atoms with van der Waals surface area (Å²) in [6, 6.07) is 6.57. The number of halogens is 3. The third-order valence-electron chi connectivity index (χ3n) is 3.13. The maximum absolute atomic E-state index is 13.1. The first-order chi connectivity index (χ1) is 9.63. The molecule has 0 spiro atoms. The molecule has 116 valence electrons. The highest BCUT2D eigenvalue weighted by Crippen LogP contribution is 2.43. The molecule has 1 aromatic rings. The number of hydrogen-bond acceptors (Lipinski definition) is 4. The fourth-order valence-electron chi connectivity index (χ4n) is 1.95. The molecule has 0 aromatic heterocycles. The summed E-state index contributed by atoms with van der Waals surface area (Å²) in [7, 11) is -4.60. The van der Waals surface area contributed by atoms with Crippen LogP contribution in [0.15, 0.2) is 40.3 Å². The minimum absolute atomic E-state index is 0.0330. The second-order valence-corrected chi connectivity index (χ2v) is 6.34. The Hall–Kier alpha value is -1.61. The molecule has 0 aliphatic carbocycles. The monoisotopic (exact) mass is 322 g/mol. The van der Waals surface area contributed by atoms with Gasteiger partial charge < -0.3 is 5.11 Å². The lowest BCUT2D eigenvalue weighted by Crippen LogP contribution is -2.56. The van der Waals surface area contributed by atoms with Gasteiger partial charge in [0.15, 0.2) is 0 Å². The molecule has 1 heterocycles. The first kappa shape index (κ1) is 15.8. The van der Waals surface area contributed by atoms with E-state index < -0.39 is 28.3 Å². The SMILES string of the molecule is CCC1=NN(S(=O)(=O)c2ccccc2)C(O)(C(F)(F)F)C1. The van der Waals surface area contributed by atoms with Crippen molar-refractivity contribution in [3.8, 4) is 0 Å². The Morgan fingerprint density at radius 1 is 1.33 bits per heavy atom. The Kier molecular flexibility index (Phi) is 3.75. The smallest absolute Gasteiger partial charge is 0.361 e. The van der Waals surface area contributed by atoms with Gasteiger partial charge in [0, 0.05) is 12.1 Å². The first-order valence-electron chi connectivity index (χ1n) is 6.09. The highest BCUT2D eigenvalue weighted by Gasteiger charge is 2.64. The Morgan fingerprint density at radius 2 is 1.90 bits per heavy atom. The van der Waals surface area contributed by atoms with Gasteiger partial charge in [-0.25, -0.2) is 0 Å². The third kappa shape index (κ3) is 2.51. The zero-order valence-corrected chi connectivity index (χ0v) is 11.8. The number of sulfonamides is 1. The maximum atomic E-state index is 13.1. The van der Waals surface area contributed by atoms with Gasteiger partial charge in [-0.2, -0.15) is 26.7 Å². The van der Waals surface area contributed by atoms with Crippen molar-refractivity contribution in [1.29, 1.82) is 0 Å². The Bertz CT molecular complexity index is 658. The number of hydrazone groups is 1. The quantitative estimate of drug-likeness (QED) is 0.926. The lowest BCUT2D eigenvalue weighted by atomic mass is 10.1. The summed E-state index contributed by atoms with van der Waals surface area (Å²) in [5.74, 6) is 0. The van der Waals surface area contributed by atoms with E-state index in [1.54, 1.807) is 0 Å². The van der Waals surface area contributed by atoms with Crippen molar-refractivity contribution < 1.29 is 26.7 Å². The lowest BCUT2D eigenvalue weighted by molar-refractivity contribution is -0.291. The molecule has 1 aromatic carbocycles. The molecule has 0 fully saturated rings. The summed E-state index contributed by atoms with van der Waals surface area (Å²) in [6.45, 7) is 1.54. The van der Waals surface area contributed by atoms with Crippen LogP contribution in [0.4, 0.5) is 13.2 Å². The van der Waals surface area contributed by atoms with Crippen LogP contribution in [-0.4, -0.2) is 35.6 Å². The number of nitrogens with zero attached hydrogens (tertiary/aromatic N) is 2. The summed E-state index contributed by atoms with van der Waals surface area (Å²) in [4.78, 5) is -0.367. The molecule has 1 aliphatic heterocycles. The predicted molar refractivity (Wildman–Crippen MR) is 68.8 cm³/mol. The molecule has 21 heavy (non-hydrogen) atoms. The van der Waals surface area contributed by atoms with Crippen molar-refractivity contribution in [3.05, 3.63) is 30.3 Å². The summed E-state index contributed by atoms with van der Waals surface area (Å²) in [6.07, 6.45) is -5.94. The number of rotatable bonds is 3. The molecule has 5 nitrogen and oxygen atoms in total. The first-order valence-corrected chi connectivity index (χ1v) is 7.53. The number of hydrogen-bond donors (Lipinski definition) is 1. The van der Waals surface area contributed by atoms with Crippen LogP contribution < -0.4 is 0 Å². The largest absolute Gasteiger partial charge is 0.439 e. The molecule has 0 saturated carbocycles. The van der Waals surface area contributed by atoms with Crippen LogP contribution in [-0.2, 0) is 10.0 Å². The second kappa shape index (κ2) is 4.99. The standard InChI is InChI=1S/C12H13F3N2O3S/c1-2-9-8-11(18,12(13,14)15)17(16-9)21(19,20)10-6-4-3-5-7-10/h3-7,18H,2,8H2,1H3. The molecule has 2 rings (SSSR count). The van der Waals surface area contributed by atoms with E-state index >= 15 is 0 Å². The Morgan fingerprint density at radius 3 is 2.38 bits per heavy atom. The molecule has 1 N–H and O–H groups in total. The van der Waals surface area contributed by atoms with Crippen molar-refractivity contribution in [1.82, 2.24) is 4.41 Å². The molecule has 0 radical (unpaired) electrons. The van der Waals surface area contributed by atoms with Gasteiger partial charge in [-0.05, 0) is 18.6 Å². The lowest BCUT2D eigenvalue weighted by Gasteiger charge is -2.33. The van der Waals surface area contributed by atoms with Crippen LogP contribution in [0, 0.1) is 0 Å². The topological polar surface area (TPSA) is 70.0 Å². The van der Waals surface area contributed by atoms with E-state index in [-0.39, 0.29) is 21.4 Å². The van der Waals surface area contributed by atoms with Gasteiger partial charge in [-0.1, -0.05) is 25.1 Å². The summed E-state index contributed by atoms with van der Waals surface area (Å²) in [5, 5.41) is 13.4. The van der Waals surface area contributed by atoms with Gasteiger partial charge >= 0.3 is 6.18 Å². The van der Waals surface area contributed by atoms with Crippen LogP contribution in [0.5, 0.6) is 0 Å². The number of benzene rings is 1. The van der Waals surface area contributed by atoms with Crippen molar-refractivity contribution in [2.45, 2.75) is 36.6 Å². The molecule has 1 atom stereocenters. The van der Waals surface area contributed by atoms with Gasteiger partial charge in [-0.15, -0.1) is 4.41 Å². The highest BCUT2D eigenvalue weighted by atomic mass is 32.2. The fraction of sp³-hybridized carbons (Fsp3) is 0.417. The van der Waals surface area contributed by atoms with Crippen LogP contribution in [0.1, 0.15) is 19.8 Å². The predicted octanol–water partition coefficient (Wildman–Crippen LogP) is 2.10. The molecular formula is C12H13F3N2O3S. The molecular weight excluding hydrogens is 309 g/mol. The van der Waals surface area contributed by atoms with Crippen LogP contribution >= 0.6 is 0 Å². The number of aliphatic hydroxyl groups is 1. The van der Waals surface area contributed by atoms with Crippen LogP contribution in [0.3, 0.4) is 0 Å². The zero-order valence-electron chi connectivity index (χ0n) is 11.0. The highest BCUT2D eigenvalue weighted by molar-refractivity contribution is 7.89. The Labute approximate surface area is 119 Å². The van der Waals surface area contributed by atoms with E-state index in [2.05, 4.69) is 5.10 Å². The van der Waals surface area contributed by atoms with Crippen molar-refractivity contribution in [2.24, 2.45) is 5.10 Å². The van der Waals surface area contributed by atoms with E-state index in [1.807, 2.05) is 0 Å². The number of alkyl halides is 3. The molecule has 0 saturated heterocycles. The molecule has 0 bridgehead atoms. The summed E-state index contributed by atoms with van der Waals surface area (Å²) >= 11 is 0. The van der Waals surface area contributed by atoms with E-state index in [0.717, 1.165) is 12.1 Å². The normalized spacial score (nSPS) is 23.3. The van der Waals surface area contributed by atoms with Crippen LogP contribution in [0.25, 0.3) is 0 Å². The maximum Gasteiger partial charge on any atom is 0.439 e. The van der Waals surface area contributed by atoms with E-state index in [9.17, 15) is 26.7 Å². The minimum Gasteiger partial charge on any atom is -0.361 e. The van der Waals surface area contributed by atoms with Gasteiger partial charge in [0.1, 0.15) is 0 Å². The molecule has 9 heteroatoms. The van der Waals surface area contributed by atoms with E-state index in [0.29, 0.717) is 0 Å². The average molecular weight is 322 g/mol. The van der Waals surface area contributed by atoms with Crippen molar-refractivity contribution in [3.63, 3.8) is 0 Å². The van der Waals surface area contributed by atoms with Gasteiger partial charge in [0.05, 0.1) is 4.90 Å². The van der Waals surface area contributed by atoms with Crippen molar-refractivity contribution >= 4 is 15.7 Å². The molecule has 1 unspecified atom stereocenters. The zero-order chi connectivity index (χ0) is 15.9. The van der Waals surface area contributed by atoms with E-state index in [1.165, 1.54) is 25.1 Å². The molecule has 0 amide bonds. The summed E-state index contributed by atoms with van der Waals surface area (Å²) < 4.78 is 63.8.